The molecule has 0 aliphatic heterocycles. The molecule has 4 N–H and O–H groups in total. The van der Waals surface area contributed by atoms with E-state index < -0.39 is 23.7 Å². The number of carbonyl (C=O) groups is 1. The van der Waals surface area contributed by atoms with Crippen LogP contribution in [0.15, 0.2) is 42.5 Å². The fourth-order valence-corrected chi connectivity index (χ4v) is 5.35. The molecular formula is C25H37NO4. The number of rotatable bonds is 9. The second-order valence-electron chi connectivity index (χ2n) is 9.14. The van der Waals surface area contributed by atoms with Crippen molar-refractivity contribution in [3.05, 3.63) is 48.0 Å². The van der Waals surface area contributed by atoms with Crippen molar-refractivity contribution in [1.29, 1.82) is 0 Å². The van der Waals surface area contributed by atoms with Crippen LogP contribution in [0.3, 0.4) is 0 Å². The van der Waals surface area contributed by atoms with Crippen LogP contribution < -0.4 is 5.32 Å². The summed E-state index contributed by atoms with van der Waals surface area (Å²) in [6.07, 6.45) is 7.82. The molecule has 2 saturated carbocycles. The van der Waals surface area contributed by atoms with Gasteiger partial charge in [-0.15, -0.1) is 0 Å². The van der Waals surface area contributed by atoms with E-state index in [-0.39, 0.29) is 17.7 Å². The minimum atomic E-state index is -0.643. The standard InChI is InChI=1S/C25H37NO4/c1-2-26-24(30)25(14-6-7-15-25)17-21-20(22(28)16-23(21)29)13-12-19(27)11-10-18-8-4-3-5-9-18/h3-5,8-9,12-13,19-23,27-29H,2,6-7,10-11,14-17H2,1H3,(H,26,30)/b13-12+/t19-,20+,21+,22+,23-/m0/s1. The molecule has 1 amide bonds. The summed E-state index contributed by atoms with van der Waals surface area (Å²) in [5.74, 6) is -0.321. The first-order chi connectivity index (χ1) is 14.4. The lowest BCUT2D eigenvalue weighted by atomic mass is 9.73. The van der Waals surface area contributed by atoms with Crippen LogP contribution >= 0.6 is 0 Å². The molecule has 3 rings (SSSR count). The maximum Gasteiger partial charge on any atom is 0.226 e. The zero-order chi connectivity index (χ0) is 21.6. The van der Waals surface area contributed by atoms with E-state index in [1.807, 2.05) is 43.3 Å². The molecule has 5 heteroatoms. The number of benzene rings is 1. The highest BCUT2D eigenvalue weighted by molar-refractivity contribution is 5.82. The Bertz CT molecular complexity index is 698. The van der Waals surface area contributed by atoms with Gasteiger partial charge in [0.1, 0.15) is 0 Å². The number of aryl methyl sites for hydroxylation is 1. The molecule has 0 unspecified atom stereocenters. The molecule has 30 heavy (non-hydrogen) atoms. The molecule has 5 atom stereocenters. The van der Waals surface area contributed by atoms with E-state index in [1.54, 1.807) is 6.08 Å². The quantitative estimate of drug-likeness (QED) is 0.467. The van der Waals surface area contributed by atoms with Crippen molar-refractivity contribution in [3.8, 4) is 0 Å². The smallest absolute Gasteiger partial charge is 0.226 e. The van der Waals surface area contributed by atoms with E-state index >= 15 is 0 Å². The number of nitrogens with one attached hydrogen (secondary N) is 1. The first-order valence-electron chi connectivity index (χ1n) is 11.5. The number of aliphatic hydroxyl groups is 3. The minimum Gasteiger partial charge on any atom is -0.393 e. The van der Waals surface area contributed by atoms with Gasteiger partial charge in [-0.2, -0.15) is 0 Å². The number of amides is 1. The fourth-order valence-electron chi connectivity index (χ4n) is 5.35. The molecule has 0 radical (unpaired) electrons. The Labute approximate surface area is 180 Å². The molecule has 0 saturated heterocycles. The van der Waals surface area contributed by atoms with Crippen LogP contribution in [0, 0.1) is 17.3 Å². The van der Waals surface area contributed by atoms with E-state index in [9.17, 15) is 20.1 Å². The molecule has 2 aliphatic carbocycles. The Balaban J connectivity index is 1.65. The lowest BCUT2D eigenvalue weighted by Crippen LogP contribution is -2.42. The zero-order valence-electron chi connectivity index (χ0n) is 18.0. The summed E-state index contributed by atoms with van der Waals surface area (Å²) in [7, 11) is 0. The Morgan fingerprint density at radius 2 is 1.90 bits per heavy atom. The van der Waals surface area contributed by atoms with Gasteiger partial charge in [0.15, 0.2) is 0 Å². The molecule has 2 aliphatic rings. The van der Waals surface area contributed by atoms with Gasteiger partial charge in [-0.1, -0.05) is 55.3 Å². The van der Waals surface area contributed by atoms with Gasteiger partial charge in [0, 0.05) is 24.3 Å². The van der Waals surface area contributed by atoms with Gasteiger partial charge in [0.25, 0.3) is 0 Å². The number of hydrogen-bond acceptors (Lipinski definition) is 4. The van der Waals surface area contributed by atoms with Crippen LogP contribution in [0.5, 0.6) is 0 Å². The highest BCUT2D eigenvalue weighted by Crippen LogP contribution is 2.48. The third-order valence-corrected chi connectivity index (χ3v) is 7.05. The van der Waals surface area contributed by atoms with E-state index in [4.69, 9.17) is 0 Å². The Morgan fingerprint density at radius 3 is 2.57 bits per heavy atom. The molecule has 0 aromatic heterocycles. The second-order valence-corrected chi connectivity index (χ2v) is 9.14. The van der Waals surface area contributed by atoms with Crippen molar-refractivity contribution in [2.75, 3.05) is 6.54 Å². The van der Waals surface area contributed by atoms with Gasteiger partial charge in [-0.25, -0.2) is 0 Å². The summed E-state index contributed by atoms with van der Waals surface area (Å²) in [6, 6.07) is 10.1. The van der Waals surface area contributed by atoms with Crippen LogP contribution in [0.2, 0.25) is 0 Å². The zero-order valence-corrected chi connectivity index (χ0v) is 18.0. The van der Waals surface area contributed by atoms with E-state index in [0.717, 1.165) is 32.1 Å². The summed E-state index contributed by atoms with van der Waals surface area (Å²) in [5, 5.41) is 34.6. The molecule has 0 spiro atoms. The van der Waals surface area contributed by atoms with Gasteiger partial charge in [0.05, 0.1) is 18.3 Å². The average Bonchev–Trinajstić information content (AvgIpc) is 3.31. The summed E-state index contributed by atoms with van der Waals surface area (Å²) >= 11 is 0. The molecular weight excluding hydrogens is 378 g/mol. The van der Waals surface area contributed by atoms with Gasteiger partial charge in [0.2, 0.25) is 5.91 Å². The molecule has 1 aromatic carbocycles. The van der Waals surface area contributed by atoms with Gasteiger partial charge in [-0.3, -0.25) is 4.79 Å². The molecule has 5 nitrogen and oxygen atoms in total. The van der Waals surface area contributed by atoms with E-state index in [2.05, 4.69) is 5.32 Å². The van der Waals surface area contributed by atoms with Crippen molar-refractivity contribution in [1.82, 2.24) is 5.32 Å². The lowest BCUT2D eigenvalue weighted by Gasteiger charge is -2.33. The average molecular weight is 416 g/mol. The highest BCUT2D eigenvalue weighted by Gasteiger charge is 2.49. The van der Waals surface area contributed by atoms with Crippen LogP contribution in [-0.2, 0) is 11.2 Å². The maximum atomic E-state index is 12.8. The van der Waals surface area contributed by atoms with Gasteiger partial charge >= 0.3 is 0 Å². The Hall–Kier alpha value is -1.69. The van der Waals surface area contributed by atoms with Crippen LogP contribution in [-0.4, -0.2) is 46.1 Å². The van der Waals surface area contributed by atoms with Crippen molar-refractivity contribution in [2.45, 2.75) is 76.6 Å². The summed E-state index contributed by atoms with van der Waals surface area (Å²) in [6.45, 7) is 2.53. The largest absolute Gasteiger partial charge is 0.393 e. The second kappa shape index (κ2) is 10.6. The molecule has 0 bridgehead atoms. The normalized spacial score (nSPS) is 29.3. The third-order valence-electron chi connectivity index (χ3n) is 7.05. The monoisotopic (exact) mass is 415 g/mol. The SMILES string of the molecule is CCNC(=O)C1(C[C@@H]2[C@@H](/C=C/[C@@H](O)CCc3ccccc3)[C@H](O)C[C@@H]2O)CCCC1. The number of carbonyl (C=O) groups excluding carboxylic acids is 1. The number of aliphatic hydroxyl groups excluding tert-OH is 3. The Kier molecular flexibility index (Phi) is 8.09. The Morgan fingerprint density at radius 1 is 1.20 bits per heavy atom. The summed E-state index contributed by atoms with van der Waals surface area (Å²) in [4.78, 5) is 12.8. The van der Waals surface area contributed by atoms with Crippen molar-refractivity contribution in [3.63, 3.8) is 0 Å². The van der Waals surface area contributed by atoms with Gasteiger partial charge < -0.3 is 20.6 Å². The molecule has 0 heterocycles. The summed E-state index contributed by atoms with van der Waals surface area (Å²) in [5.41, 5.74) is 0.744. The lowest BCUT2D eigenvalue weighted by molar-refractivity contribution is -0.132. The first kappa shape index (κ1) is 23.0. The fraction of sp³-hybridized carbons (Fsp3) is 0.640. The van der Waals surface area contributed by atoms with Crippen LogP contribution in [0.25, 0.3) is 0 Å². The molecule has 2 fully saturated rings. The predicted molar refractivity (Wildman–Crippen MR) is 118 cm³/mol. The maximum absolute atomic E-state index is 12.8. The van der Waals surface area contributed by atoms with Crippen molar-refractivity contribution in [2.24, 2.45) is 17.3 Å². The topological polar surface area (TPSA) is 89.8 Å². The number of hydrogen-bond donors (Lipinski definition) is 4. The van der Waals surface area contributed by atoms with Crippen LogP contribution in [0.4, 0.5) is 0 Å². The highest BCUT2D eigenvalue weighted by atomic mass is 16.3. The van der Waals surface area contributed by atoms with Gasteiger partial charge in [-0.05, 0) is 50.5 Å². The summed E-state index contributed by atoms with van der Waals surface area (Å²) < 4.78 is 0. The minimum absolute atomic E-state index is 0.0849. The third kappa shape index (κ3) is 5.51. The predicted octanol–water partition coefficient (Wildman–Crippen LogP) is 2.98. The van der Waals surface area contributed by atoms with Crippen LogP contribution in [0.1, 0.15) is 57.4 Å². The molecule has 166 valence electrons. The van der Waals surface area contributed by atoms with E-state index in [1.165, 1.54) is 5.56 Å². The first-order valence-corrected chi connectivity index (χ1v) is 11.5. The van der Waals surface area contributed by atoms with Crippen molar-refractivity contribution < 1.29 is 20.1 Å². The molecule has 1 aromatic rings. The van der Waals surface area contributed by atoms with Crippen molar-refractivity contribution >= 4 is 5.91 Å². The van der Waals surface area contributed by atoms with E-state index in [0.29, 0.717) is 25.8 Å².